The number of fused-ring (bicyclic) bond motifs is 1. The lowest BCUT2D eigenvalue weighted by atomic mass is 10.2. The molecule has 0 saturated carbocycles. The van der Waals surface area contributed by atoms with Gasteiger partial charge in [0.2, 0.25) is 0 Å². The monoisotopic (exact) mass is 274 g/mol. The maximum absolute atomic E-state index is 11.1. The molecule has 0 bridgehead atoms. The highest BCUT2D eigenvalue weighted by Crippen LogP contribution is 2.27. The third-order valence-corrected chi connectivity index (χ3v) is 3.38. The second kappa shape index (κ2) is 5.45. The van der Waals surface area contributed by atoms with E-state index in [0.717, 1.165) is 23.1 Å². The van der Waals surface area contributed by atoms with Gasteiger partial charge in [-0.25, -0.2) is 4.79 Å². The lowest BCUT2D eigenvalue weighted by molar-refractivity contribution is 0.131. The lowest BCUT2D eigenvalue weighted by Gasteiger charge is -2.11. The second-order valence-electron chi connectivity index (χ2n) is 4.91. The Morgan fingerprint density at radius 2 is 2.35 bits per heavy atom. The summed E-state index contributed by atoms with van der Waals surface area (Å²) in [4.78, 5) is 11.1. The number of aromatic nitrogens is 1. The summed E-state index contributed by atoms with van der Waals surface area (Å²) in [5, 5.41) is 3.77. The number of carbonyl (C=O) groups is 1. The minimum absolute atomic E-state index is 0.113. The predicted octanol–water partition coefficient (Wildman–Crippen LogP) is 2.54. The zero-order valence-corrected chi connectivity index (χ0v) is 11.5. The molecule has 0 radical (unpaired) electrons. The Balaban J connectivity index is 1.83. The number of rotatable bonds is 5. The number of benzene rings is 1. The van der Waals surface area contributed by atoms with Crippen molar-refractivity contribution in [3.63, 3.8) is 0 Å². The molecule has 1 fully saturated rings. The van der Waals surface area contributed by atoms with E-state index in [9.17, 15) is 4.79 Å². The number of nitrogens with one attached hydrogen (secondary N) is 1. The van der Waals surface area contributed by atoms with Crippen LogP contribution in [0.15, 0.2) is 30.5 Å². The standard InChI is InChI=1S/C15H18N2O3/c1-2-8-19-14-5-3-4-13-12(14)6-7-17(13)10-11-9-16-15(18)20-11/h3-7,11H,2,8-10H2,1H3,(H,16,18). The molecule has 1 aliphatic heterocycles. The molecule has 1 aliphatic rings. The van der Waals surface area contributed by atoms with Gasteiger partial charge in [-0.15, -0.1) is 0 Å². The van der Waals surface area contributed by atoms with Crippen molar-refractivity contribution in [3.8, 4) is 5.75 Å². The van der Waals surface area contributed by atoms with E-state index in [1.54, 1.807) is 0 Å². The smallest absolute Gasteiger partial charge is 0.407 e. The SMILES string of the molecule is CCCOc1cccc2c1ccn2CC1CNC(=O)O1. The summed E-state index contributed by atoms with van der Waals surface area (Å²) in [5.41, 5.74) is 1.10. The minimum Gasteiger partial charge on any atom is -0.493 e. The zero-order valence-electron chi connectivity index (χ0n) is 11.5. The van der Waals surface area contributed by atoms with Crippen LogP contribution < -0.4 is 10.1 Å². The quantitative estimate of drug-likeness (QED) is 0.911. The minimum atomic E-state index is -0.335. The van der Waals surface area contributed by atoms with Gasteiger partial charge in [-0.05, 0) is 24.6 Å². The molecule has 1 amide bonds. The van der Waals surface area contributed by atoms with Crippen LogP contribution in [-0.2, 0) is 11.3 Å². The highest BCUT2D eigenvalue weighted by molar-refractivity contribution is 5.86. The molecule has 1 aromatic heterocycles. The fourth-order valence-corrected chi connectivity index (χ4v) is 2.45. The molecule has 1 unspecified atom stereocenters. The summed E-state index contributed by atoms with van der Waals surface area (Å²) in [6.07, 6.45) is 2.55. The van der Waals surface area contributed by atoms with Crippen LogP contribution in [0.1, 0.15) is 13.3 Å². The third kappa shape index (κ3) is 2.43. The fraction of sp³-hybridized carbons (Fsp3) is 0.400. The van der Waals surface area contributed by atoms with Gasteiger partial charge in [-0.3, -0.25) is 0 Å². The van der Waals surface area contributed by atoms with Crippen molar-refractivity contribution in [3.05, 3.63) is 30.5 Å². The van der Waals surface area contributed by atoms with E-state index in [2.05, 4.69) is 22.9 Å². The van der Waals surface area contributed by atoms with E-state index in [-0.39, 0.29) is 12.2 Å². The van der Waals surface area contributed by atoms with E-state index in [1.807, 2.05) is 24.4 Å². The number of ether oxygens (including phenoxy) is 2. The average Bonchev–Trinajstić information content (AvgIpc) is 3.04. The summed E-state index contributed by atoms with van der Waals surface area (Å²) in [6, 6.07) is 8.07. The third-order valence-electron chi connectivity index (χ3n) is 3.38. The molecule has 2 aromatic rings. The Kier molecular flexibility index (Phi) is 3.50. The van der Waals surface area contributed by atoms with E-state index in [4.69, 9.17) is 9.47 Å². The highest BCUT2D eigenvalue weighted by Gasteiger charge is 2.23. The van der Waals surface area contributed by atoms with Crippen LogP contribution in [0.4, 0.5) is 4.79 Å². The Hall–Kier alpha value is -2.17. The molecule has 1 aromatic carbocycles. The van der Waals surface area contributed by atoms with Crippen LogP contribution in [0.5, 0.6) is 5.75 Å². The van der Waals surface area contributed by atoms with Gasteiger partial charge in [0.05, 0.1) is 25.2 Å². The molecule has 106 valence electrons. The molecule has 1 N–H and O–H groups in total. The number of amides is 1. The molecule has 5 nitrogen and oxygen atoms in total. The predicted molar refractivity (Wildman–Crippen MR) is 76.0 cm³/mol. The first-order chi connectivity index (χ1) is 9.78. The zero-order chi connectivity index (χ0) is 13.9. The van der Waals surface area contributed by atoms with Gasteiger partial charge >= 0.3 is 6.09 Å². The molecular formula is C15H18N2O3. The van der Waals surface area contributed by atoms with Crippen molar-refractivity contribution < 1.29 is 14.3 Å². The van der Waals surface area contributed by atoms with E-state index in [0.29, 0.717) is 19.7 Å². The van der Waals surface area contributed by atoms with Crippen LogP contribution in [0.3, 0.4) is 0 Å². The first-order valence-corrected chi connectivity index (χ1v) is 6.93. The Morgan fingerprint density at radius 1 is 1.45 bits per heavy atom. The second-order valence-corrected chi connectivity index (χ2v) is 4.91. The largest absolute Gasteiger partial charge is 0.493 e. The fourth-order valence-electron chi connectivity index (χ4n) is 2.45. The topological polar surface area (TPSA) is 52.5 Å². The van der Waals surface area contributed by atoms with Crippen molar-refractivity contribution in [1.29, 1.82) is 0 Å². The Morgan fingerprint density at radius 3 is 3.10 bits per heavy atom. The van der Waals surface area contributed by atoms with Crippen LogP contribution in [-0.4, -0.2) is 29.9 Å². The molecule has 0 aliphatic carbocycles. The molecule has 3 rings (SSSR count). The average molecular weight is 274 g/mol. The Bertz CT molecular complexity index is 621. The van der Waals surface area contributed by atoms with Crippen molar-refractivity contribution in [1.82, 2.24) is 9.88 Å². The van der Waals surface area contributed by atoms with Crippen molar-refractivity contribution in [2.24, 2.45) is 0 Å². The summed E-state index contributed by atoms with van der Waals surface area (Å²) >= 11 is 0. The molecule has 2 heterocycles. The van der Waals surface area contributed by atoms with Crippen LogP contribution in [0, 0.1) is 0 Å². The van der Waals surface area contributed by atoms with Gasteiger partial charge in [-0.2, -0.15) is 0 Å². The molecule has 5 heteroatoms. The van der Waals surface area contributed by atoms with Crippen molar-refractivity contribution >= 4 is 17.0 Å². The molecular weight excluding hydrogens is 256 g/mol. The van der Waals surface area contributed by atoms with E-state index in [1.165, 1.54) is 0 Å². The van der Waals surface area contributed by atoms with Gasteiger partial charge in [0.15, 0.2) is 0 Å². The first kappa shape index (κ1) is 12.8. The molecule has 1 atom stereocenters. The summed E-state index contributed by atoms with van der Waals surface area (Å²) in [5.74, 6) is 0.907. The number of cyclic esters (lactones) is 1. The number of alkyl carbamates (subject to hydrolysis) is 1. The van der Waals surface area contributed by atoms with Gasteiger partial charge in [-0.1, -0.05) is 13.0 Å². The number of carbonyl (C=O) groups excluding carboxylic acids is 1. The summed E-state index contributed by atoms with van der Waals surface area (Å²) in [7, 11) is 0. The summed E-state index contributed by atoms with van der Waals surface area (Å²) in [6.45, 7) is 4.02. The van der Waals surface area contributed by atoms with Crippen LogP contribution in [0.2, 0.25) is 0 Å². The summed E-state index contributed by atoms with van der Waals surface area (Å²) < 4.78 is 13.0. The van der Waals surface area contributed by atoms with Gasteiger partial charge < -0.3 is 19.4 Å². The number of nitrogens with zero attached hydrogens (tertiary/aromatic N) is 1. The maximum atomic E-state index is 11.1. The van der Waals surface area contributed by atoms with Gasteiger partial charge in [0.1, 0.15) is 11.9 Å². The van der Waals surface area contributed by atoms with Crippen molar-refractivity contribution in [2.75, 3.05) is 13.2 Å². The highest BCUT2D eigenvalue weighted by atomic mass is 16.6. The van der Waals surface area contributed by atoms with Gasteiger partial charge in [0, 0.05) is 11.6 Å². The number of hydrogen-bond acceptors (Lipinski definition) is 3. The Labute approximate surface area is 117 Å². The molecule has 0 spiro atoms. The normalized spacial score (nSPS) is 18.1. The van der Waals surface area contributed by atoms with Crippen LogP contribution in [0.25, 0.3) is 10.9 Å². The molecule has 20 heavy (non-hydrogen) atoms. The maximum Gasteiger partial charge on any atom is 0.407 e. The van der Waals surface area contributed by atoms with E-state index >= 15 is 0 Å². The number of hydrogen-bond donors (Lipinski definition) is 1. The van der Waals surface area contributed by atoms with Crippen molar-refractivity contribution in [2.45, 2.75) is 26.0 Å². The first-order valence-electron chi connectivity index (χ1n) is 6.93. The lowest BCUT2D eigenvalue weighted by Crippen LogP contribution is -2.20. The van der Waals surface area contributed by atoms with E-state index < -0.39 is 0 Å². The van der Waals surface area contributed by atoms with Gasteiger partial charge in [0.25, 0.3) is 0 Å². The molecule has 1 saturated heterocycles. The van der Waals surface area contributed by atoms with Crippen LogP contribution >= 0.6 is 0 Å².